The maximum Gasteiger partial charge on any atom is 0.130 e. The van der Waals surface area contributed by atoms with Gasteiger partial charge in [-0.05, 0) is 62.8 Å². The van der Waals surface area contributed by atoms with E-state index < -0.39 is 0 Å². The van der Waals surface area contributed by atoms with E-state index in [2.05, 4.69) is 64.1 Å². The molecule has 1 nitrogen and oxygen atoms in total. The Balaban J connectivity index is 1.78. The second-order valence-electron chi connectivity index (χ2n) is 12.2. The van der Waals surface area contributed by atoms with Gasteiger partial charge in [0.05, 0.1) is 0 Å². The molecule has 0 saturated heterocycles. The largest absolute Gasteiger partial charge is 0.457 e. The van der Waals surface area contributed by atoms with Crippen LogP contribution in [0.4, 0.5) is 0 Å². The van der Waals surface area contributed by atoms with Crippen molar-refractivity contribution in [1.82, 2.24) is 0 Å². The van der Waals surface area contributed by atoms with Gasteiger partial charge in [-0.3, -0.25) is 0 Å². The van der Waals surface area contributed by atoms with Gasteiger partial charge in [0.25, 0.3) is 0 Å². The molecular formula is C38H62O. The van der Waals surface area contributed by atoms with Crippen molar-refractivity contribution >= 4 is 0 Å². The average Bonchev–Trinajstić information content (AvgIpc) is 2.93. The molecule has 2 aromatic rings. The first kappa shape index (κ1) is 33.4. The zero-order valence-electron chi connectivity index (χ0n) is 26.4. The van der Waals surface area contributed by atoms with Gasteiger partial charge in [-0.1, -0.05) is 165 Å². The second-order valence-corrected chi connectivity index (χ2v) is 12.2. The van der Waals surface area contributed by atoms with Gasteiger partial charge < -0.3 is 4.74 Å². The van der Waals surface area contributed by atoms with E-state index in [0.717, 1.165) is 24.3 Å². The SMILES string of the molecule is CCCCCCCCCCCCc1cc(C)ccc1Oc1ccc(C)cc1CCCCCCCCCCCC. The summed E-state index contributed by atoms with van der Waals surface area (Å²) in [5.41, 5.74) is 5.41. The number of hydrogen-bond donors (Lipinski definition) is 0. The first-order valence-corrected chi connectivity index (χ1v) is 17.0. The molecule has 0 aliphatic heterocycles. The molecule has 0 aromatic heterocycles. The molecule has 0 saturated carbocycles. The number of benzene rings is 2. The zero-order valence-corrected chi connectivity index (χ0v) is 26.4. The van der Waals surface area contributed by atoms with Crippen molar-refractivity contribution in [1.29, 1.82) is 0 Å². The van der Waals surface area contributed by atoms with Crippen molar-refractivity contribution in [3.63, 3.8) is 0 Å². The summed E-state index contributed by atoms with van der Waals surface area (Å²) in [6.45, 7) is 9.00. The van der Waals surface area contributed by atoms with Gasteiger partial charge in [-0.2, -0.15) is 0 Å². The maximum absolute atomic E-state index is 6.64. The zero-order chi connectivity index (χ0) is 28.0. The van der Waals surface area contributed by atoms with E-state index in [1.54, 1.807) is 0 Å². The van der Waals surface area contributed by atoms with Gasteiger partial charge in [0.15, 0.2) is 0 Å². The summed E-state index contributed by atoms with van der Waals surface area (Å²) in [5, 5.41) is 0. The molecule has 0 atom stereocenters. The molecule has 0 amide bonds. The minimum atomic E-state index is 1.06. The van der Waals surface area contributed by atoms with Crippen LogP contribution in [0, 0.1) is 13.8 Å². The Kier molecular flexibility index (Phi) is 18.9. The number of rotatable bonds is 24. The molecule has 0 aliphatic carbocycles. The predicted octanol–water partition coefficient (Wildman–Crippen LogP) is 13.0. The summed E-state index contributed by atoms with van der Waals surface area (Å²) in [6, 6.07) is 13.5. The van der Waals surface area contributed by atoms with Gasteiger partial charge in [0.1, 0.15) is 11.5 Å². The van der Waals surface area contributed by atoms with Crippen molar-refractivity contribution in [3.8, 4) is 11.5 Å². The highest BCUT2D eigenvalue weighted by Gasteiger charge is 2.10. The molecule has 0 bridgehead atoms. The quantitative estimate of drug-likeness (QED) is 0.122. The predicted molar refractivity (Wildman–Crippen MR) is 174 cm³/mol. The highest BCUT2D eigenvalue weighted by molar-refractivity contribution is 5.44. The van der Waals surface area contributed by atoms with Crippen LogP contribution < -0.4 is 4.74 Å². The van der Waals surface area contributed by atoms with Gasteiger partial charge in [0.2, 0.25) is 0 Å². The Morgan fingerprint density at radius 1 is 0.410 bits per heavy atom. The molecule has 0 aliphatic rings. The Morgan fingerprint density at radius 3 is 1.05 bits per heavy atom. The first-order chi connectivity index (χ1) is 19.1. The lowest BCUT2D eigenvalue weighted by molar-refractivity contribution is 0.465. The summed E-state index contributed by atoms with van der Waals surface area (Å²) < 4.78 is 6.64. The molecule has 2 aromatic carbocycles. The third kappa shape index (κ3) is 15.6. The summed E-state index contributed by atoms with van der Waals surface area (Å²) in [4.78, 5) is 0. The van der Waals surface area contributed by atoms with E-state index in [-0.39, 0.29) is 0 Å². The standard InChI is InChI=1S/C38H62O/c1-5-7-9-11-13-15-17-19-21-23-25-35-31-33(3)27-29-37(35)39-38-30-28-34(4)32-36(38)26-24-22-20-18-16-14-12-10-8-6-2/h27-32H,5-26H2,1-4H3. The lowest BCUT2D eigenvalue weighted by Gasteiger charge is -2.16. The Labute approximate surface area is 243 Å². The van der Waals surface area contributed by atoms with Crippen LogP contribution in [0.15, 0.2) is 36.4 Å². The fraction of sp³-hybridized carbons (Fsp3) is 0.684. The van der Waals surface area contributed by atoms with E-state index in [4.69, 9.17) is 4.74 Å². The monoisotopic (exact) mass is 534 g/mol. The normalized spacial score (nSPS) is 11.3. The fourth-order valence-corrected chi connectivity index (χ4v) is 5.73. The van der Waals surface area contributed by atoms with Crippen molar-refractivity contribution in [2.24, 2.45) is 0 Å². The minimum Gasteiger partial charge on any atom is -0.457 e. The van der Waals surface area contributed by atoms with Crippen LogP contribution in [0.2, 0.25) is 0 Å². The van der Waals surface area contributed by atoms with Gasteiger partial charge in [0, 0.05) is 0 Å². The van der Waals surface area contributed by atoms with Crippen LogP contribution in [-0.4, -0.2) is 0 Å². The van der Waals surface area contributed by atoms with E-state index in [1.807, 2.05) is 0 Å². The topological polar surface area (TPSA) is 9.23 Å². The van der Waals surface area contributed by atoms with Crippen molar-refractivity contribution in [2.75, 3.05) is 0 Å². The highest BCUT2D eigenvalue weighted by atomic mass is 16.5. The van der Waals surface area contributed by atoms with Crippen molar-refractivity contribution in [2.45, 2.75) is 169 Å². The number of aryl methyl sites for hydroxylation is 4. The minimum absolute atomic E-state index is 1.06. The first-order valence-electron chi connectivity index (χ1n) is 17.0. The molecule has 2 rings (SSSR count). The molecular weight excluding hydrogens is 472 g/mol. The summed E-state index contributed by atoms with van der Waals surface area (Å²) in [7, 11) is 0. The third-order valence-corrected chi connectivity index (χ3v) is 8.25. The molecule has 0 spiro atoms. The smallest absolute Gasteiger partial charge is 0.130 e. The van der Waals surface area contributed by atoms with Crippen molar-refractivity contribution in [3.05, 3.63) is 58.7 Å². The number of hydrogen-bond acceptors (Lipinski definition) is 1. The van der Waals surface area contributed by atoms with Crippen LogP contribution in [0.25, 0.3) is 0 Å². The Hall–Kier alpha value is -1.76. The summed E-state index contributed by atoms with van der Waals surface area (Å²) in [6.07, 6.45) is 29.8. The molecule has 0 heterocycles. The summed E-state index contributed by atoms with van der Waals surface area (Å²) >= 11 is 0. The summed E-state index contributed by atoms with van der Waals surface area (Å²) in [5.74, 6) is 2.12. The number of unbranched alkanes of at least 4 members (excludes halogenated alkanes) is 18. The van der Waals surface area contributed by atoms with E-state index >= 15 is 0 Å². The van der Waals surface area contributed by atoms with Crippen LogP contribution in [-0.2, 0) is 12.8 Å². The number of ether oxygens (including phenoxy) is 1. The van der Waals surface area contributed by atoms with E-state index in [1.165, 1.54) is 151 Å². The van der Waals surface area contributed by atoms with Gasteiger partial charge >= 0.3 is 0 Å². The molecule has 0 unspecified atom stereocenters. The van der Waals surface area contributed by atoms with Crippen LogP contribution in [0.3, 0.4) is 0 Å². The average molecular weight is 535 g/mol. The van der Waals surface area contributed by atoms with E-state index in [0.29, 0.717) is 0 Å². The lowest BCUT2D eigenvalue weighted by Crippen LogP contribution is -1.98. The molecule has 39 heavy (non-hydrogen) atoms. The van der Waals surface area contributed by atoms with Gasteiger partial charge in [-0.25, -0.2) is 0 Å². The lowest BCUT2D eigenvalue weighted by atomic mass is 10.0. The molecule has 0 fully saturated rings. The Morgan fingerprint density at radius 2 is 0.718 bits per heavy atom. The molecule has 0 N–H and O–H groups in total. The second kappa shape index (κ2) is 22.0. The third-order valence-electron chi connectivity index (χ3n) is 8.25. The van der Waals surface area contributed by atoms with Crippen LogP contribution in [0.5, 0.6) is 11.5 Å². The van der Waals surface area contributed by atoms with Crippen LogP contribution >= 0.6 is 0 Å². The Bertz CT molecular complexity index is 796. The van der Waals surface area contributed by atoms with Crippen molar-refractivity contribution < 1.29 is 4.74 Å². The molecule has 0 radical (unpaired) electrons. The molecule has 1 heteroatoms. The van der Waals surface area contributed by atoms with Crippen LogP contribution in [0.1, 0.15) is 165 Å². The fourth-order valence-electron chi connectivity index (χ4n) is 5.73. The van der Waals surface area contributed by atoms with Gasteiger partial charge in [-0.15, -0.1) is 0 Å². The van der Waals surface area contributed by atoms with E-state index in [9.17, 15) is 0 Å². The molecule has 220 valence electrons. The highest BCUT2D eigenvalue weighted by Crippen LogP contribution is 2.32. The maximum atomic E-state index is 6.64.